The second-order valence-corrected chi connectivity index (χ2v) is 14.0. The van der Waals surface area contributed by atoms with Crippen molar-refractivity contribution < 1.29 is 28.6 Å². The van der Waals surface area contributed by atoms with Crippen LogP contribution in [-0.4, -0.2) is 102 Å². The lowest BCUT2D eigenvalue weighted by Gasteiger charge is -2.32. The minimum Gasteiger partial charge on any atom is -0.444 e. The Bertz CT molecular complexity index is 794. The zero-order valence-electron chi connectivity index (χ0n) is 27.8. The van der Waals surface area contributed by atoms with Gasteiger partial charge < -0.3 is 34.2 Å². The van der Waals surface area contributed by atoms with Crippen LogP contribution in [0.15, 0.2) is 0 Å². The molecule has 1 unspecified atom stereocenters. The molecule has 10 heteroatoms. The average Bonchev–Trinajstić information content (AvgIpc) is 2.81. The molecule has 41 heavy (non-hydrogen) atoms. The Kier molecular flexibility index (Phi) is 15.3. The first-order chi connectivity index (χ1) is 18.9. The predicted molar refractivity (Wildman–Crippen MR) is 163 cm³/mol. The third-order valence-corrected chi connectivity index (χ3v) is 6.32. The maximum absolute atomic E-state index is 13.1. The maximum Gasteiger partial charge on any atom is 0.410 e. The van der Waals surface area contributed by atoms with Crippen molar-refractivity contribution in [1.82, 2.24) is 20.0 Å². The number of piperidine rings is 1. The van der Waals surface area contributed by atoms with E-state index in [9.17, 15) is 14.4 Å². The number of rotatable bonds is 13. The number of hydrogen-bond acceptors (Lipinski definition) is 7. The van der Waals surface area contributed by atoms with Crippen LogP contribution in [-0.2, 0) is 14.2 Å². The van der Waals surface area contributed by atoms with Gasteiger partial charge in [-0.15, -0.1) is 0 Å². The smallest absolute Gasteiger partial charge is 0.410 e. The monoisotopic (exact) mass is 584 g/mol. The third-order valence-electron chi connectivity index (χ3n) is 6.32. The predicted octanol–water partition coefficient (Wildman–Crippen LogP) is 6.42. The van der Waals surface area contributed by atoms with Crippen molar-refractivity contribution in [3.63, 3.8) is 0 Å². The van der Waals surface area contributed by atoms with E-state index < -0.39 is 22.9 Å². The molecule has 0 radical (unpaired) electrons. The lowest BCUT2D eigenvalue weighted by molar-refractivity contribution is 0.0186. The second-order valence-electron chi connectivity index (χ2n) is 14.0. The van der Waals surface area contributed by atoms with E-state index in [1.165, 1.54) is 12.8 Å². The van der Waals surface area contributed by atoms with Crippen molar-refractivity contribution in [2.75, 3.05) is 45.8 Å². The van der Waals surface area contributed by atoms with Gasteiger partial charge in [0.15, 0.2) is 0 Å². The molecular weight excluding hydrogens is 524 g/mol. The van der Waals surface area contributed by atoms with Gasteiger partial charge in [-0.1, -0.05) is 13.3 Å². The van der Waals surface area contributed by atoms with E-state index in [2.05, 4.69) is 5.32 Å². The third kappa shape index (κ3) is 17.4. The summed E-state index contributed by atoms with van der Waals surface area (Å²) in [5, 5.41) is 3.55. The van der Waals surface area contributed by atoms with Gasteiger partial charge in [-0.3, -0.25) is 0 Å². The van der Waals surface area contributed by atoms with Crippen LogP contribution >= 0.6 is 0 Å². The fourth-order valence-electron chi connectivity index (χ4n) is 4.52. The Hall–Kier alpha value is -2.23. The summed E-state index contributed by atoms with van der Waals surface area (Å²) in [6, 6.07) is 0.406. The van der Waals surface area contributed by atoms with Crippen LogP contribution in [0.4, 0.5) is 14.4 Å². The lowest BCUT2D eigenvalue weighted by atomic mass is 10.0. The van der Waals surface area contributed by atoms with Crippen molar-refractivity contribution in [3.8, 4) is 0 Å². The Labute approximate surface area is 249 Å². The summed E-state index contributed by atoms with van der Waals surface area (Å²) < 4.78 is 16.9. The molecule has 0 bridgehead atoms. The standard InChI is InChI=1S/C31H60N4O6/c1-11-19-33(26(36)39-29(2,3)4)20-14-21-34(27(37)40-30(5,6)7)22-15-23-35(28(38)41-31(8,9)10)24-17-25-16-12-13-18-32-25/h25,32H,11-24H2,1-10H3. The summed E-state index contributed by atoms with van der Waals surface area (Å²) in [6.07, 6.45) is 5.30. The zero-order chi connectivity index (χ0) is 31.3. The Morgan fingerprint density at radius 2 is 1.02 bits per heavy atom. The number of nitrogens with zero attached hydrogens (tertiary/aromatic N) is 3. The van der Waals surface area contributed by atoms with E-state index in [0.717, 1.165) is 25.8 Å². The van der Waals surface area contributed by atoms with Crippen molar-refractivity contribution in [2.24, 2.45) is 0 Å². The molecule has 1 heterocycles. The molecule has 1 rings (SSSR count). The molecule has 0 aromatic rings. The van der Waals surface area contributed by atoms with Crippen molar-refractivity contribution >= 4 is 18.3 Å². The Morgan fingerprint density at radius 3 is 1.37 bits per heavy atom. The molecule has 3 amide bonds. The van der Waals surface area contributed by atoms with Crippen LogP contribution in [0.2, 0.25) is 0 Å². The Morgan fingerprint density at radius 1 is 0.634 bits per heavy atom. The van der Waals surface area contributed by atoms with Gasteiger partial charge in [-0.25, -0.2) is 14.4 Å². The summed E-state index contributed by atoms with van der Waals surface area (Å²) >= 11 is 0. The fraction of sp³-hybridized carbons (Fsp3) is 0.903. The first kappa shape index (κ1) is 36.8. The highest BCUT2D eigenvalue weighted by molar-refractivity contribution is 5.69. The molecule has 1 aliphatic heterocycles. The van der Waals surface area contributed by atoms with Gasteiger partial charge in [-0.05, 0) is 107 Å². The lowest BCUT2D eigenvalue weighted by Crippen LogP contribution is -2.43. The molecule has 0 spiro atoms. The van der Waals surface area contributed by atoms with E-state index in [1.807, 2.05) is 69.2 Å². The van der Waals surface area contributed by atoms with Gasteiger partial charge in [0, 0.05) is 45.3 Å². The highest BCUT2D eigenvalue weighted by Crippen LogP contribution is 2.16. The second kappa shape index (κ2) is 17.0. The summed E-state index contributed by atoms with van der Waals surface area (Å²) in [6.45, 7) is 22.7. The zero-order valence-corrected chi connectivity index (χ0v) is 27.8. The van der Waals surface area contributed by atoms with Gasteiger partial charge in [0.25, 0.3) is 0 Å². The molecule has 0 aromatic heterocycles. The van der Waals surface area contributed by atoms with Crippen LogP contribution < -0.4 is 5.32 Å². The van der Waals surface area contributed by atoms with Crippen molar-refractivity contribution in [3.05, 3.63) is 0 Å². The molecule has 0 saturated carbocycles. The molecule has 10 nitrogen and oxygen atoms in total. The SMILES string of the molecule is CCCN(CCCN(CCCN(CCC1CCCCN1)C(=O)OC(C)(C)C)C(=O)OC(C)(C)C)C(=O)OC(C)(C)C. The van der Waals surface area contributed by atoms with Crippen molar-refractivity contribution in [1.29, 1.82) is 0 Å². The van der Waals surface area contributed by atoms with Crippen LogP contribution in [0, 0.1) is 0 Å². The fourth-order valence-corrected chi connectivity index (χ4v) is 4.52. The van der Waals surface area contributed by atoms with Crippen LogP contribution in [0.5, 0.6) is 0 Å². The molecule has 0 aromatic carbocycles. The van der Waals surface area contributed by atoms with Gasteiger partial charge >= 0.3 is 18.3 Å². The number of nitrogens with one attached hydrogen (secondary N) is 1. The van der Waals surface area contributed by atoms with Crippen LogP contribution in [0.3, 0.4) is 0 Å². The van der Waals surface area contributed by atoms with E-state index >= 15 is 0 Å². The molecule has 1 saturated heterocycles. The van der Waals surface area contributed by atoms with Gasteiger partial charge in [0.1, 0.15) is 16.8 Å². The molecular formula is C31H60N4O6. The minimum atomic E-state index is -0.629. The number of hydrogen-bond donors (Lipinski definition) is 1. The largest absolute Gasteiger partial charge is 0.444 e. The van der Waals surface area contributed by atoms with E-state index in [1.54, 1.807) is 14.7 Å². The van der Waals surface area contributed by atoms with Crippen LogP contribution in [0.1, 0.15) is 114 Å². The first-order valence-electron chi connectivity index (χ1n) is 15.6. The molecule has 1 atom stereocenters. The Balaban J connectivity index is 2.85. The highest BCUT2D eigenvalue weighted by atomic mass is 16.6. The summed E-state index contributed by atoms with van der Waals surface area (Å²) in [4.78, 5) is 43.9. The molecule has 1 aliphatic rings. The van der Waals surface area contributed by atoms with E-state index in [4.69, 9.17) is 14.2 Å². The molecule has 0 aliphatic carbocycles. The quantitative estimate of drug-likeness (QED) is 0.249. The molecule has 1 N–H and O–H groups in total. The topological polar surface area (TPSA) is 101 Å². The average molecular weight is 585 g/mol. The molecule has 1 fully saturated rings. The van der Waals surface area contributed by atoms with Crippen LogP contribution in [0.25, 0.3) is 0 Å². The number of ether oxygens (including phenoxy) is 3. The normalized spacial score (nSPS) is 16.1. The maximum atomic E-state index is 13.1. The highest BCUT2D eigenvalue weighted by Gasteiger charge is 2.26. The molecule has 240 valence electrons. The van der Waals surface area contributed by atoms with Gasteiger partial charge in [0.05, 0.1) is 0 Å². The minimum absolute atomic E-state index is 0.329. The number of carbonyl (C=O) groups is 3. The summed E-state index contributed by atoms with van der Waals surface area (Å²) in [7, 11) is 0. The van der Waals surface area contributed by atoms with Gasteiger partial charge in [-0.2, -0.15) is 0 Å². The summed E-state index contributed by atoms with van der Waals surface area (Å²) in [5.41, 5.74) is -1.78. The van der Waals surface area contributed by atoms with Crippen molar-refractivity contribution in [2.45, 2.75) is 137 Å². The number of carbonyl (C=O) groups excluding carboxylic acids is 3. The van der Waals surface area contributed by atoms with Gasteiger partial charge in [0.2, 0.25) is 0 Å². The van der Waals surface area contributed by atoms with E-state index in [-0.39, 0.29) is 12.2 Å². The first-order valence-corrected chi connectivity index (χ1v) is 15.6. The number of amides is 3. The van der Waals surface area contributed by atoms with E-state index in [0.29, 0.717) is 58.2 Å². The summed E-state index contributed by atoms with van der Waals surface area (Å²) in [5.74, 6) is 0.